The molecule has 2 heterocycles. The Labute approximate surface area is 137 Å². The van der Waals surface area contributed by atoms with Crippen LogP contribution >= 0.6 is 11.8 Å². The molecule has 7 heteroatoms. The van der Waals surface area contributed by atoms with Crippen LogP contribution in [0.2, 0.25) is 0 Å². The molecule has 3 aromatic rings. The molecule has 0 N–H and O–H groups in total. The fourth-order valence-electron chi connectivity index (χ4n) is 1.96. The molecule has 0 amide bonds. The minimum atomic E-state index is -0.296. The number of rotatable bonds is 4. The lowest BCUT2D eigenvalue weighted by atomic mass is 10.2. The van der Waals surface area contributed by atoms with E-state index >= 15 is 0 Å². The molecular formula is C16H15FN4OS. The van der Waals surface area contributed by atoms with Gasteiger partial charge in [-0.15, -0.1) is 0 Å². The van der Waals surface area contributed by atoms with E-state index in [1.165, 1.54) is 23.9 Å². The summed E-state index contributed by atoms with van der Waals surface area (Å²) in [5.74, 6) is 1.11. The quantitative estimate of drug-likeness (QED) is 0.534. The highest BCUT2D eigenvalue weighted by Crippen LogP contribution is 2.22. The summed E-state index contributed by atoms with van der Waals surface area (Å²) in [6.45, 7) is 5.94. The van der Waals surface area contributed by atoms with E-state index in [1.54, 1.807) is 12.1 Å². The van der Waals surface area contributed by atoms with Crippen LogP contribution in [-0.2, 0) is 5.75 Å². The van der Waals surface area contributed by atoms with Gasteiger partial charge < -0.3 is 4.52 Å². The average Bonchev–Trinajstić information content (AvgIpc) is 3.00. The molecule has 0 spiro atoms. The van der Waals surface area contributed by atoms with Crippen LogP contribution in [0.3, 0.4) is 0 Å². The van der Waals surface area contributed by atoms with Gasteiger partial charge in [-0.2, -0.15) is 4.98 Å². The third kappa shape index (κ3) is 3.56. The predicted molar refractivity (Wildman–Crippen MR) is 85.5 cm³/mol. The molecule has 0 atom stereocenters. The van der Waals surface area contributed by atoms with Gasteiger partial charge in [0.2, 0.25) is 11.7 Å². The molecule has 118 valence electrons. The van der Waals surface area contributed by atoms with Gasteiger partial charge in [-0.25, -0.2) is 14.4 Å². The largest absolute Gasteiger partial charge is 0.338 e. The number of thioether (sulfide) groups is 1. The molecule has 0 saturated heterocycles. The Kier molecular flexibility index (Phi) is 4.38. The van der Waals surface area contributed by atoms with Crippen LogP contribution in [0.15, 0.2) is 33.9 Å². The van der Waals surface area contributed by atoms with Crippen LogP contribution in [0, 0.1) is 26.6 Å². The van der Waals surface area contributed by atoms with E-state index in [1.807, 2.05) is 20.8 Å². The fraction of sp³-hybridized carbons (Fsp3) is 0.250. The summed E-state index contributed by atoms with van der Waals surface area (Å²) in [5.41, 5.74) is 3.76. The van der Waals surface area contributed by atoms with Crippen molar-refractivity contribution in [1.29, 1.82) is 0 Å². The normalized spacial score (nSPS) is 11.0. The molecule has 1 aromatic carbocycles. The topological polar surface area (TPSA) is 64.7 Å². The number of hydrogen-bond acceptors (Lipinski definition) is 6. The van der Waals surface area contributed by atoms with Gasteiger partial charge in [-0.05, 0) is 50.6 Å². The third-order valence-electron chi connectivity index (χ3n) is 3.51. The molecule has 23 heavy (non-hydrogen) atoms. The number of aryl methyl sites for hydroxylation is 2. The van der Waals surface area contributed by atoms with E-state index in [9.17, 15) is 4.39 Å². The van der Waals surface area contributed by atoms with Gasteiger partial charge >= 0.3 is 0 Å². The summed E-state index contributed by atoms with van der Waals surface area (Å²) in [6.07, 6.45) is 0. The van der Waals surface area contributed by atoms with Gasteiger partial charge in [-0.3, -0.25) is 0 Å². The maximum Gasteiger partial charge on any atom is 0.237 e. The van der Waals surface area contributed by atoms with Gasteiger partial charge in [0.1, 0.15) is 5.82 Å². The summed E-state index contributed by atoms with van der Waals surface area (Å²) in [5, 5.41) is 4.60. The highest BCUT2D eigenvalue weighted by molar-refractivity contribution is 7.98. The van der Waals surface area contributed by atoms with E-state index in [0.717, 1.165) is 17.0 Å². The van der Waals surface area contributed by atoms with Crippen molar-refractivity contribution in [3.63, 3.8) is 0 Å². The SMILES string of the molecule is Cc1nc(SCc2nc(-c3ccc(F)cc3)no2)nc(C)c1C. The van der Waals surface area contributed by atoms with E-state index in [0.29, 0.717) is 28.2 Å². The lowest BCUT2D eigenvalue weighted by Gasteiger charge is -2.05. The van der Waals surface area contributed by atoms with Crippen molar-refractivity contribution in [3.05, 3.63) is 52.9 Å². The Bertz CT molecular complexity index is 809. The summed E-state index contributed by atoms with van der Waals surface area (Å²) in [7, 11) is 0. The van der Waals surface area contributed by atoms with E-state index < -0.39 is 0 Å². The summed E-state index contributed by atoms with van der Waals surface area (Å²) in [6, 6.07) is 5.97. The van der Waals surface area contributed by atoms with Crippen LogP contribution in [0.1, 0.15) is 22.8 Å². The van der Waals surface area contributed by atoms with E-state index in [2.05, 4.69) is 20.1 Å². The molecule has 3 rings (SSSR count). The number of aromatic nitrogens is 4. The Balaban J connectivity index is 1.71. The smallest absolute Gasteiger partial charge is 0.237 e. The molecule has 0 bridgehead atoms. The van der Waals surface area contributed by atoms with Gasteiger partial charge in [0.05, 0.1) is 5.75 Å². The third-order valence-corrected chi connectivity index (χ3v) is 4.34. The Morgan fingerprint density at radius 1 is 1.00 bits per heavy atom. The first-order valence-electron chi connectivity index (χ1n) is 7.06. The molecule has 0 fully saturated rings. The molecule has 0 saturated carbocycles. The van der Waals surface area contributed by atoms with Crippen LogP contribution in [0.5, 0.6) is 0 Å². The molecule has 0 unspecified atom stereocenters. The number of nitrogens with zero attached hydrogens (tertiary/aromatic N) is 4. The average molecular weight is 330 g/mol. The first-order valence-corrected chi connectivity index (χ1v) is 8.04. The standard InChI is InChI=1S/C16H15FN4OS/c1-9-10(2)18-16(19-11(9)3)23-8-14-20-15(21-22-14)12-4-6-13(17)7-5-12/h4-7H,8H2,1-3H3. The Hall–Kier alpha value is -2.28. The maximum atomic E-state index is 12.9. The zero-order valence-electron chi connectivity index (χ0n) is 13.0. The fourth-order valence-corrected chi connectivity index (χ4v) is 2.73. The zero-order valence-corrected chi connectivity index (χ0v) is 13.8. The second-order valence-electron chi connectivity index (χ2n) is 5.11. The molecule has 2 aromatic heterocycles. The van der Waals surface area contributed by atoms with Crippen LogP contribution in [-0.4, -0.2) is 20.1 Å². The van der Waals surface area contributed by atoms with Gasteiger partial charge in [-0.1, -0.05) is 16.9 Å². The number of halogens is 1. The van der Waals surface area contributed by atoms with Crippen molar-refractivity contribution in [2.24, 2.45) is 0 Å². The van der Waals surface area contributed by atoms with Crippen LogP contribution in [0.4, 0.5) is 4.39 Å². The predicted octanol–water partition coefficient (Wildman–Crippen LogP) is 3.88. The van der Waals surface area contributed by atoms with Crippen molar-refractivity contribution in [2.75, 3.05) is 0 Å². The van der Waals surface area contributed by atoms with E-state index in [-0.39, 0.29) is 5.82 Å². The first-order chi connectivity index (χ1) is 11.0. The summed E-state index contributed by atoms with van der Waals surface area (Å²) < 4.78 is 18.2. The Morgan fingerprint density at radius 2 is 1.65 bits per heavy atom. The lowest BCUT2D eigenvalue weighted by Crippen LogP contribution is -1.98. The number of benzene rings is 1. The second-order valence-corrected chi connectivity index (χ2v) is 6.05. The summed E-state index contributed by atoms with van der Waals surface area (Å²) in [4.78, 5) is 13.2. The second kappa shape index (κ2) is 6.45. The molecule has 0 aliphatic carbocycles. The van der Waals surface area contributed by atoms with Crippen molar-refractivity contribution in [2.45, 2.75) is 31.7 Å². The van der Waals surface area contributed by atoms with Crippen molar-refractivity contribution < 1.29 is 8.91 Å². The maximum absolute atomic E-state index is 12.9. The van der Waals surface area contributed by atoms with Crippen LogP contribution in [0.25, 0.3) is 11.4 Å². The van der Waals surface area contributed by atoms with Crippen molar-refractivity contribution in [3.8, 4) is 11.4 Å². The molecule has 0 radical (unpaired) electrons. The molecule has 5 nitrogen and oxygen atoms in total. The highest BCUT2D eigenvalue weighted by Gasteiger charge is 2.11. The zero-order chi connectivity index (χ0) is 16.4. The summed E-state index contributed by atoms with van der Waals surface area (Å²) >= 11 is 1.44. The van der Waals surface area contributed by atoms with Crippen LogP contribution < -0.4 is 0 Å². The highest BCUT2D eigenvalue weighted by atomic mass is 32.2. The minimum absolute atomic E-state index is 0.296. The molecule has 0 aliphatic rings. The number of hydrogen-bond donors (Lipinski definition) is 0. The lowest BCUT2D eigenvalue weighted by molar-refractivity contribution is 0.391. The first kappa shape index (κ1) is 15.6. The Morgan fingerprint density at radius 3 is 2.30 bits per heavy atom. The van der Waals surface area contributed by atoms with Gasteiger partial charge in [0, 0.05) is 17.0 Å². The minimum Gasteiger partial charge on any atom is -0.338 e. The van der Waals surface area contributed by atoms with Gasteiger partial charge in [0.15, 0.2) is 5.16 Å². The molecular weight excluding hydrogens is 315 g/mol. The molecule has 0 aliphatic heterocycles. The monoisotopic (exact) mass is 330 g/mol. The van der Waals surface area contributed by atoms with Crippen molar-refractivity contribution in [1.82, 2.24) is 20.1 Å². The van der Waals surface area contributed by atoms with Crippen molar-refractivity contribution >= 4 is 11.8 Å². The van der Waals surface area contributed by atoms with E-state index in [4.69, 9.17) is 4.52 Å². The van der Waals surface area contributed by atoms with Gasteiger partial charge in [0.25, 0.3) is 0 Å².